The molecule has 1 saturated heterocycles. The van der Waals surface area contributed by atoms with Gasteiger partial charge in [0.15, 0.2) is 0 Å². The van der Waals surface area contributed by atoms with Crippen molar-refractivity contribution in [3.8, 4) is 0 Å². The van der Waals surface area contributed by atoms with Crippen molar-refractivity contribution >= 4 is 11.9 Å². The van der Waals surface area contributed by atoms with Gasteiger partial charge in [0, 0.05) is 13.1 Å². The lowest BCUT2D eigenvalue weighted by Gasteiger charge is -2.32. The van der Waals surface area contributed by atoms with Gasteiger partial charge in [0.1, 0.15) is 0 Å². The van der Waals surface area contributed by atoms with Crippen molar-refractivity contribution in [3.63, 3.8) is 0 Å². The van der Waals surface area contributed by atoms with Crippen LogP contribution in [0.25, 0.3) is 0 Å². The second kappa shape index (κ2) is 5.84. The Morgan fingerprint density at radius 1 is 1.56 bits per heavy atom. The first-order valence-corrected chi connectivity index (χ1v) is 5.64. The fraction of sp³-hybridized carbons (Fsp3) is 0.818. The molecule has 1 heterocycles. The van der Waals surface area contributed by atoms with E-state index in [1.807, 2.05) is 6.92 Å². The van der Waals surface area contributed by atoms with Crippen LogP contribution in [0, 0.1) is 11.8 Å². The third-order valence-electron chi connectivity index (χ3n) is 3.04. The predicted molar refractivity (Wildman–Crippen MR) is 59.5 cm³/mol. The van der Waals surface area contributed by atoms with E-state index in [4.69, 9.17) is 5.73 Å². The number of carbonyl (C=O) groups is 2. The highest BCUT2D eigenvalue weighted by atomic mass is 16.5. The first-order chi connectivity index (χ1) is 7.54. The van der Waals surface area contributed by atoms with Gasteiger partial charge in [-0.2, -0.15) is 0 Å². The van der Waals surface area contributed by atoms with Gasteiger partial charge in [0.05, 0.1) is 18.9 Å². The van der Waals surface area contributed by atoms with Crippen molar-refractivity contribution in [2.24, 2.45) is 17.6 Å². The second-order valence-electron chi connectivity index (χ2n) is 4.43. The van der Waals surface area contributed by atoms with Crippen LogP contribution in [-0.4, -0.2) is 43.5 Å². The molecule has 1 aliphatic rings. The lowest BCUT2D eigenvalue weighted by molar-refractivity contribution is -0.145. The molecule has 1 rings (SSSR count). The van der Waals surface area contributed by atoms with Gasteiger partial charge in [0.2, 0.25) is 5.91 Å². The molecule has 0 aliphatic carbocycles. The predicted octanol–water partition coefficient (Wildman–Crippen LogP) is -0.00720. The van der Waals surface area contributed by atoms with Crippen LogP contribution in [0.15, 0.2) is 0 Å². The molecule has 0 aromatic heterocycles. The zero-order chi connectivity index (χ0) is 12.1. The molecule has 2 atom stereocenters. The number of nitrogens with zero attached hydrogens (tertiary/aromatic N) is 1. The van der Waals surface area contributed by atoms with Crippen molar-refractivity contribution < 1.29 is 14.3 Å². The summed E-state index contributed by atoms with van der Waals surface area (Å²) < 4.78 is 4.67. The average Bonchev–Trinajstić information content (AvgIpc) is 2.28. The summed E-state index contributed by atoms with van der Waals surface area (Å²) in [6, 6.07) is 0. The summed E-state index contributed by atoms with van der Waals surface area (Å²) in [4.78, 5) is 24.5. The minimum absolute atomic E-state index is 0.0707. The fourth-order valence-electron chi connectivity index (χ4n) is 2.12. The van der Waals surface area contributed by atoms with Crippen LogP contribution in [0.2, 0.25) is 0 Å². The molecular formula is C11H20N2O3. The van der Waals surface area contributed by atoms with Crippen molar-refractivity contribution in [3.05, 3.63) is 0 Å². The third-order valence-corrected chi connectivity index (χ3v) is 3.04. The molecule has 1 aliphatic heterocycles. The Morgan fingerprint density at radius 2 is 2.25 bits per heavy atom. The Morgan fingerprint density at radius 3 is 2.81 bits per heavy atom. The summed E-state index contributed by atoms with van der Waals surface area (Å²) in [6.07, 6.45) is 1.82. The van der Waals surface area contributed by atoms with Gasteiger partial charge in [0.25, 0.3) is 0 Å². The Kier molecular flexibility index (Phi) is 4.73. The maximum Gasteiger partial charge on any atom is 0.309 e. The Bertz CT molecular complexity index is 268. The van der Waals surface area contributed by atoms with Gasteiger partial charge < -0.3 is 15.4 Å². The van der Waals surface area contributed by atoms with E-state index in [1.54, 1.807) is 0 Å². The number of carbonyl (C=O) groups excluding carboxylic acids is 2. The maximum atomic E-state index is 11.3. The van der Waals surface area contributed by atoms with Crippen molar-refractivity contribution in [2.45, 2.75) is 19.8 Å². The van der Waals surface area contributed by atoms with E-state index in [2.05, 4.69) is 9.64 Å². The van der Waals surface area contributed by atoms with Crippen LogP contribution in [-0.2, 0) is 14.3 Å². The third kappa shape index (κ3) is 3.48. The molecular weight excluding hydrogens is 208 g/mol. The molecule has 0 radical (unpaired) electrons. The SMILES string of the molecule is COC(=O)C(C)CN1CCCC(C(N)=O)C1. The van der Waals surface area contributed by atoms with E-state index < -0.39 is 0 Å². The molecule has 2 N–H and O–H groups in total. The van der Waals surface area contributed by atoms with Gasteiger partial charge in [-0.25, -0.2) is 0 Å². The monoisotopic (exact) mass is 228 g/mol. The summed E-state index contributed by atoms with van der Waals surface area (Å²) in [5, 5.41) is 0. The summed E-state index contributed by atoms with van der Waals surface area (Å²) >= 11 is 0. The first kappa shape index (κ1) is 13.0. The van der Waals surface area contributed by atoms with E-state index in [0.717, 1.165) is 19.4 Å². The molecule has 0 aromatic rings. The molecule has 5 nitrogen and oxygen atoms in total. The molecule has 92 valence electrons. The van der Waals surface area contributed by atoms with E-state index in [9.17, 15) is 9.59 Å². The van der Waals surface area contributed by atoms with Crippen molar-refractivity contribution in [1.29, 1.82) is 0 Å². The normalized spacial score (nSPS) is 23.8. The zero-order valence-electron chi connectivity index (χ0n) is 9.94. The van der Waals surface area contributed by atoms with Crippen LogP contribution in [0.1, 0.15) is 19.8 Å². The fourth-order valence-corrected chi connectivity index (χ4v) is 2.12. The number of ether oxygens (including phenoxy) is 1. The first-order valence-electron chi connectivity index (χ1n) is 5.64. The lowest BCUT2D eigenvalue weighted by Crippen LogP contribution is -2.43. The van der Waals surface area contributed by atoms with Crippen LogP contribution >= 0.6 is 0 Å². The average molecular weight is 228 g/mol. The number of primary amides is 1. The van der Waals surface area contributed by atoms with Gasteiger partial charge >= 0.3 is 5.97 Å². The number of methoxy groups -OCH3 is 1. The van der Waals surface area contributed by atoms with Crippen LogP contribution in [0.4, 0.5) is 0 Å². The molecule has 0 saturated carbocycles. The largest absolute Gasteiger partial charge is 0.469 e. The highest BCUT2D eigenvalue weighted by Crippen LogP contribution is 2.17. The van der Waals surface area contributed by atoms with Gasteiger partial charge in [-0.05, 0) is 19.4 Å². The summed E-state index contributed by atoms with van der Waals surface area (Å²) in [5.74, 6) is -0.674. The van der Waals surface area contributed by atoms with Gasteiger partial charge in [-0.1, -0.05) is 6.92 Å². The molecule has 2 unspecified atom stereocenters. The Hall–Kier alpha value is -1.10. The molecule has 1 amide bonds. The number of nitrogens with two attached hydrogens (primary N) is 1. The molecule has 0 bridgehead atoms. The van der Waals surface area contributed by atoms with Crippen LogP contribution < -0.4 is 5.73 Å². The number of piperidine rings is 1. The van der Waals surface area contributed by atoms with Crippen molar-refractivity contribution in [2.75, 3.05) is 26.7 Å². The Labute approximate surface area is 95.9 Å². The van der Waals surface area contributed by atoms with Crippen LogP contribution in [0.3, 0.4) is 0 Å². The summed E-state index contributed by atoms with van der Waals surface area (Å²) in [7, 11) is 1.39. The minimum atomic E-state index is -0.240. The van der Waals surface area contributed by atoms with Crippen LogP contribution in [0.5, 0.6) is 0 Å². The van der Waals surface area contributed by atoms with E-state index >= 15 is 0 Å². The number of hydrogen-bond donors (Lipinski definition) is 1. The molecule has 16 heavy (non-hydrogen) atoms. The topological polar surface area (TPSA) is 72.6 Å². The highest BCUT2D eigenvalue weighted by Gasteiger charge is 2.26. The standard InChI is InChI=1S/C11H20N2O3/c1-8(11(15)16-2)6-13-5-3-4-9(7-13)10(12)14/h8-9H,3-7H2,1-2H3,(H2,12,14). The molecule has 0 spiro atoms. The lowest BCUT2D eigenvalue weighted by atomic mass is 9.96. The smallest absolute Gasteiger partial charge is 0.309 e. The van der Waals surface area contributed by atoms with E-state index in [1.165, 1.54) is 7.11 Å². The van der Waals surface area contributed by atoms with Gasteiger partial charge in [-0.3, -0.25) is 9.59 Å². The highest BCUT2D eigenvalue weighted by molar-refractivity contribution is 5.77. The molecule has 1 fully saturated rings. The van der Waals surface area contributed by atoms with E-state index in [-0.39, 0.29) is 23.7 Å². The summed E-state index contributed by atoms with van der Waals surface area (Å²) in [5.41, 5.74) is 5.29. The summed E-state index contributed by atoms with van der Waals surface area (Å²) in [6.45, 7) is 4.05. The maximum absolute atomic E-state index is 11.3. The van der Waals surface area contributed by atoms with E-state index in [0.29, 0.717) is 13.1 Å². The Balaban J connectivity index is 2.42. The molecule has 5 heteroatoms. The number of rotatable bonds is 4. The van der Waals surface area contributed by atoms with Crippen molar-refractivity contribution in [1.82, 2.24) is 4.90 Å². The number of likely N-dealkylation sites (tertiary alicyclic amines) is 1. The van der Waals surface area contributed by atoms with Gasteiger partial charge in [-0.15, -0.1) is 0 Å². The zero-order valence-corrected chi connectivity index (χ0v) is 9.94. The number of esters is 1. The number of amides is 1. The number of hydrogen-bond acceptors (Lipinski definition) is 4. The molecule has 0 aromatic carbocycles. The minimum Gasteiger partial charge on any atom is -0.469 e. The second-order valence-corrected chi connectivity index (χ2v) is 4.43. The quantitative estimate of drug-likeness (QED) is 0.687.